The summed E-state index contributed by atoms with van der Waals surface area (Å²) < 4.78 is 0. The third-order valence-electron chi connectivity index (χ3n) is 2.82. The Morgan fingerprint density at radius 3 is 3.00 bits per heavy atom. The number of anilines is 1. The third-order valence-corrected chi connectivity index (χ3v) is 4.55. The van der Waals surface area contributed by atoms with Crippen molar-refractivity contribution < 1.29 is 4.92 Å². The molecule has 0 bridgehead atoms. The number of nitrogens with zero attached hydrogens (tertiary/aromatic N) is 3. The monoisotopic (exact) mass is 318 g/mol. The van der Waals surface area contributed by atoms with Crippen LogP contribution in [0.5, 0.6) is 0 Å². The van der Waals surface area contributed by atoms with Crippen LogP contribution in [0, 0.1) is 10.1 Å². The van der Waals surface area contributed by atoms with E-state index in [9.17, 15) is 10.1 Å². The van der Waals surface area contributed by atoms with E-state index in [2.05, 4.69) is 9.97 Å². The van der Waals surface area contributed by atoms with Gasteiger partial charge >= 0.3 is 0 Å². The van der Waals surface area contributed by atoms with Crippen LogP contribution >= 0.6 is 23.1 Å². The Labute approximate surface area is 128 Å². The van der Waals surface area contributed by atoms with Gasteiger partial charge in [-0.05, 0) is 17.0 Å². The normalized spacial score (nSPS) is 10.9. The number of nitrogens with two attached hydrogens (primary N) is 1. The Balaban J connectivity index is 1.80. The highest BCUT2D eigenvalue weighted by Crippen LogP contribution is 2.28. The minimum atomic E-state index is -0.402. The summed E-state index contributed by atoms with van der Waals surface area (Å²) in [5, 5.41) is 14.1. The molecule has 1 aromatic carbocycles. The number of non-ortho nitro benzene ring substituents is 1. The second-order valence-electron chi connectivity index (χ2n) is 4.25. The van der Waals surface area contributed by atoms with Crippen LogP contribution in [0.4, 0.5) is 11.5 Å². The first kappa shape index (κ1) is 13.8. The van der Waals surface area contributed by atoms with Gasteiger partial charge in [-0.2, -0.15) is 0 Å². The average molecular weight is 318 g/mol. The van der Waals surface area contributed by atoms with Crippen molar-refractivity contribution in [3.63, 3.8) is 0 Å². The molecule has 6 nitrogen and oxygen atoms in total. The summed E-state index contributed by atoms with van der Waals surface area (Å²) in [6, 6.07) is 8.43. The van der Waals surface area contributed by atoms with Crippen molar-refractivity contribution in [3.8, 4) is 0 Å². The quantitative estimate of drug-likeness (QED) is 0.342. The molecule has 0 fully saturated rings. The lowest BCUT2D eigenvalue weighted by Crippen LogP contribution is -1.95. The molecule has 21 heavy (non-hydrogen) atoms. The summed E-state index contributed by atoms with van der Waals surface area (Å²) in [6.45, 7) is 0. The maximum atomic E-state index is 10.7. The molecule has 2 aromatic heterocycles. The average Bonchev–Trinajstić information content (AvgIpc) is 2.94. The standard InChI is InChI=1S/C13H10N4O2S2/c14-11-10-4-5-20-12(10)16-13(15-11)21-7-8-2-1-3-9(6-8)17(18)19/h1-6H,7H2,(H2,14,15,16). The lowest BCUT2D eigenvalue weighted by atomic mass is 10.2. The van der Waals surface area contributed by atoms with Gasteiger partial charge in [-0.25, -0.2) is 9.97 Å². The number of fused-ring (bicyclic) bond motifs is 1. The smallest absolute Gasteiger partial charge is 0.269 e. The van der Waals surface area contributed by atoms with Crippen molar-refractivity contribution in [1.29, 1.82) is 0 Å². The number of nitro groups is 1. The van der Waals surface area contributed by atoms with Gasteiger partial charge in [0.25, 0.3) is 5.69 Å². The number of hydrogen-bond donors (Lipinski definition) is 1. The van der Waals surface area contributed by atoms with Crippen LogP contribution in [0.25, 0.3) is 10.2 Å². The number of aromatic nitrogens is 2. The Morgan fingerprint density at radius 2 is 2.19 bits per heavy atom. The highest BCUT2D eigenvalue weighted by atomic mass is 32.2. The molecular weight excluding hydrogens is 308 g/mol. The fourth-order valence-corrected chi connectivity index (χ4v) is 3.45. The minimum Gasteiger partial charge on any atom is -0.383 e. The predicted molar refractivity (Wildman–Crippen MR) is 84.5 cm³/mol. The summed E-state index contributed by atoms with van der Waals surface area (Å²) in [6.07, 6.45) is 0. The molecule has 0 radical (unpaired) electrons. The maximum absolute atomic E-state index is 10.7. The molecule has 0 saturated carbocycles. The van der Waals surface area contributed by atoms with Crippen LogP contribution in [-0.2, 0) is 5.75 Å². The van der Waals surface area contributed by atoms with Crippen LogP contribution in [0.1, 0.15) is 5.56 Å². The first-order valence-corrected chi connectivity index (χ1v) is 7.87. The highest BCUT2D eigenvalue weighted by molar-refractivity contribution is 7.98. The Hall–Kier alpha value is -2.19. The van der Waals surface area contributed by atoms with Gasteiger partial charge in [-0.3, -0.25) is 10.1 Å². The van der Waals surface area contributed by atoms with Gasteiger partial charge < -0.3 is 5.73 Å². The molecule has 3 rings (SSSR count). The number of nitrogen functional groups attached to an aromatic ring is 1. The van der Waals surface area contributed by atoms with Gasteiger partial charge in [0, 0.05) is 17.9 Å². The maximum Gasteiger partial charge on any atom is 0.269 e. The van der Waals surface area contributed by atoms with Gasteiger partial charge in [-0.15, -0.1) is 11.3 Å². The van der Waals surface area contributed by atoms with E-state index in [4.69, 9.17) is 5.73 Å². The number of thioether (sulfide) groups is 1. The second-order valence-corrected chi connectivity index (χ2v) is 6.08. The van der Waals surface area contributed by atoms with E-state index >= 15 is 0 Å². The molecule has 2 heterocycles. The lowest BCUT2D eigenvalue weighted by Gasteiger charge is -2.03. The van der Waals surface area contributed by atoms with Gasteiger partial charge in [0.1, 0.15) is 10.6 Å². The van der Waals surface area contributed by atoms with E-state index in [1.165, 1.54) is 29.2 Å². The van der Waals surface area contributed by atoms with Crippen molar-refractivity contribution >= 4 is 44.8 Å². The van der Waals surface area contributed by atoms with E-state index in [1.807, 2.05) is 17.5 Å². The fraction of sp³-hybridized carbons (Fsp3) is 0.0769. The zero-order valence-corrected chi connectivity index (χ0v) is 12.4. The predicted octanol–water partition coefficient (Wildman–Crippen LogP) is 3.47. The van der Waals surface area contributed by atoms with Crippen molar-refractivity contribution in [2.24, 2.45) is 0 Å². The van der Waals surface area contributed by atoms with Crippen LogP contribution in [-0.4, -0.2) is 14.9 Å². The van der Waals surface area contributed by atoms with E-state index in [-0.39, 0.29) is 5.69 Å². The first-order chi connectivity index (χ1) is 10.1. The van der Waals surface area contributed by atoms with E-state index in [1.54, 1.807) is 12.1 Å². The molecule has 0 spiro atoms. The number of benzene rings is 1. The van der Waals surface area contributed by atoms with E-state index in [0.29, 0.717) is 16.7 Å². The molecule has 0 aliphatic carbocycles. The second kappa shape index (κ2) is 5.66. The largest absolute Gasteiger partial charge is 0.383 e. The topological polar surface area (TPSA) is 94.9 Å². The Kier molecular flexibility index (Phi) is 3.72. The van der Waals surface area contributed by atoms with Crippen molar-refractivity contribution in [3.05, 3.63) is 51.4 Å². The van der Waals surface area contributed by atoms with Gasteiger partial charge in [0.05, 0.1) is 10.3 Å². The molecular formula is C13H10N4O2S2. The molecule has 3 aromatic rings. The molecule has 0 aliphatic heterocycles. The Bertz CT molecular complexity index is 819. The zero-order chi connectivity index (χ0) is 14.8. The lowest BCUT2D eigenvalue weighted by molar-refractivity contribution is -0.384. The van der Waals surface area contributed by atoms with Crippen molar-refractivity contribution in [1.82, 2.24) is 9.97 Å². The highest BCUT2D eigenvalue weighted by Gasteiger charge is 2.09. The zero-order valence-electron chi connectivity index (χ0n) is 10.7. The summed E-state index contributed by atoms with van der Waals surface area (Å²) in [4.78, 5) is 19.9. The summed E-state index contributed by atoms with van der Waals surface area (Å²) >= 11 is 2.92. The SMILES string of the molecule is Nc1nc(SCc2cccc([N+](=O)[O-])c2)nc2sccc12. The number of hydrogen-bond acceptors (Lipinski definition) is 7. The van der Waals surface area contributed by atoms with Crippen LogP contribution in [0.2, 0.25) is 0 Å². The first-order valence-electron chi connectivity index (χ1n) is 6.00. The van der Waals surface area contributed by atoms with Crippen LogP contribution < -0.4 is 5.73 Å². The molecule has 0 unspecified atom stereocenters. The van der Waals surface area contributed by atoms with Crippen LogP contribution in [0.3, 0.4) is 0 Å². The number of rotatable bonds is 4. The van der Waals surface area contributed by atoms with Crippen LogP contribution in [0.15, 0.2) is 40.9 Å². The molecule has 0 aliphatic rings. The molecule has 2 N–H and O–H groups in total. The third kappa shape index (κ3) is 2.96. The molecule has 0 amide bonds. The molecule has 106 valence electrons. The van der Waals surface area contributed by atoms with Gasteiger partial charge in [0.2, 0.25) is 0 Å². The molecule has 8 heteroatoms. The number of nitro benzene ring substituents is 1. The van der Waals surface area contributed by atoms with Crippen molar-refractivity contribution in [2.45, 2.75) is 10.9 Å². The molecule has 0 saturated heterocycles. The molecule has 0 atom stereocenters. The summed E-state index contributed by atoms with van der Waals surface area (Å²) in [5.41, 5.74) is 6.82. The number of thiophene rings is 1. The van der Waals surface area contributed by atoms with E-state index < -0.39 is 4.92 Å². The van der Waals surface area contributed by atoms with Gasteiger partial charge in [0.15, 0.2) is 5.16 Å². The summed E-state index contributed by atoms with van der Waals surface area (Å²) in [5.74, 6) is 1.01. The summed E-state index contributed by atoms with van der Waals surface area (Å²) in [7, 11) is 0. The van der Waals surface area contributed by atoms with Gasteiger partial charge in [-0.1, -0.05) is 23.9 Å². The van der Waals surface area contributed by atoms with Crippen molar-refractivity contribution in [2.75, 3.05) is 5.73 Å². The fourth-order valence-electron chi connectivity index (χ4n) is 1.83. The minimum absolute atomic E-state index is 0.0854. The van der Waals surface area contributed by atoms with E-state index in [0.717, 1.165) is 15.8 Å². The Morgan fingerprint density at radius 1 is 1.33 bits per heavy atom.